The van der Waals surface area contributed by atoms with Gasteiger partial charge in [0.1, 0.15) is 5.78 Å². The molecule has 2 aromatic rings. The molecule has 0 aliphatic heterocycles. The van der Waals surface area contributed by atoms with Gasteiger partial charge >= 0.3 is 5.76 Å². The summed E-state index contributed by atoms with van der Waals surface area (Å²) in [6, 6.07) is 5.40. The third-order valence-corrected chi connectivity index (χ3v) is 2.60. The summed E-state index contributed by atoms with van der Waals surface area (Å²) in [5, 5.41) is 3.13. The predicted octanol–water partition coefficient (Wildman–Crippen LogP) is 1.52. The van der Waals surface area contributed by atoms with Crippen molar-refractivity contribution in [3.8, 4) is 0 Å². The number of nitrogens with zero attached hydrogens (tertiary/aromatic N) is 1. The first-order valence-corrected chi connectivity index (χ1v) is 5.41. The first-order chi connectivity index (χ1) is 8.08. The lowest BCUT2D eigenvalue weighted by Crippen LogP contribution is -2.09. The Labute approximate surface area is 98.0 Å². The maximum Gasteiger partial charge on any atom is 0.419 e. The number of anilines is 1. The first kappa shape index (κ1) is 11.4. The molecular weight excluding hydrogens is 220 g/mol. The third kappa shape index (κ3) is 2.38. The van der Waals surface area contributed by atoms with Gasteiger partial charge in [0, 0.05) is 25.7 Å². The molecule has 5 heteroatoms. The summed E-state index contributed by atoms with van der Waals surface area (Å²) in [6.07, 6.45) is 0.488. The molecule has 90 valence electrons. The highest BCUT2D eigenvalue weighted by Crippen LogP contribution is 2.17. The number of nitrogens with one attached hydrogen (secondary N) is 1. The number of carbonyl (C=O) groups is 1. The van der Waals surface area contributed by atoms with Gasteiger partial charge in [0.05, 0.1) is 5.52 Å². The van der Waals surface area contributed by atoms with Crippen molar-refractivity contribution in [1.82, 2.24) is 4.57 Å². The minimum absolute atomic E-state index is 0.147. The largest absolute Gasteiger partial charge is 0.419 e. The van der Waals surface area contributed by atoms with Gasteiger partial charge in [-0.1, -0.05) is 0 Å². The molecule has 0 bridgehead atoms. The number of oxazole rings is 1. The van der Waals surface area contributed by atoms with E-state index in [2.05, 4.69) is 5.32 Å². The Morgan fingerprint density at radius 1 is 1.47 bits per heavy atom. The van der Waals surface area contributed by atoms with Crippen molar-refractivity contribution in [3.63, 3.8) is 0 Å². The van der Waals surface area contributed by atoms with Crippen LogP contribution in [0.15, 0.2) is 27.4 Å². The van der Waals surface area contributed by atoms with Crippen LogP contribution in [0.1, 0.15) is 13.3 Å². The van der Waals surface area contributed by atoms with Gasteiger partial charge in [0.25, 0.3) is 0 Å². The lowest BCUT2D eigenvalue weighted by Gasteiger charge is -2.04. The monoisotopic (exact) mass is 234 g/mol. The molecule has 2 rings (SSSR count). The fraction of sp³-hybridized carbons (Fsp3) is 0.333. The highest BCUT2D eigenvalue weighted by Gasteiger charge is 2.06. The predicted molar refractivity (Wildman–Crippen MR) is 65.2 cm³/mol. The molecule has 0 amide bonds. The zero-order chi connectivity index (χ0) is 12.4. The topological polar surface area (TPSA) is 64.2 Å². The van der Waals surface area contributed by atoms with Crippen molar-refractivity contribution in [2.75, 3.05) is 11.9 Å². The number of rotatable bonds is 4. The number of hydrogen-bond acceptors (Lipinski definition) is 4. The van der Waals surface area contributed by atoms with Crippen molar-refractivity contribution in [1.29, 1.82) is 0 Å². The number of ketones is 1. The molecule has 0 radical (unpaired) electrons. The normalized spacial score (nSPS) is 10.7. The average molecular weight is 234 g/mol. The SMILES string of the molecule is CC(=O)CCNc1ccc2oc(=O)n(C)c2c1. The van der Waals surface area contributed by atoms with Gasteiger partial charge < -0.3 is 9.73 Å². The van der Waals surface area contributed by atoms with Gasteiger partial charge in [-0.25, -0.2) is 4.79 Å². The summed E-state index contributed by atoms with van der Waals surface area (Å²) in [4.78, 5) is 22.1. The summed E-state index contributed by atoms with van der Waals surface area (Å²) in [6.45, 7) is 2.15. The second-order valence-electron chi connectivity index (χ2n) is 3.99. The van der Waals surface area contributed by atoms with Crippen LogP contribution in [0.3, 0.4) is 0 Å². The van der Waals surface area contributed by atoms with E-state index in [9.17, 15) is 9.59 Å². The lowest BCUT2D eigenvalue weighted by atomic mass is 10.2. The van der Waals surface area contributed by atoms with Gasteiger partial charge in [0.2, 0.25) is 0 Å². The molecule has 1 heterocycles. The number of carbonyl (C=O) groups excluding carboxylic acids is 1. The van der Waals surface area contributed by atoms with Crippen molar-refractivity contribution in [3.05, 3.63) is 28.7 Å². The van der Waals surface area contributed by atoms with E-state index in [1.54, 1.807) is 20.0 Å². The molecule has 0 fully saturated rings. The standard InChI is InChI=1S/C12H14N2O3/c1-8(15)5-6-13-9-3-4-11-10(7-9)14(2)12(16)17-11/h3-4,7,13H,5-6H2,1-2H3. The number of Topliss-reactive ketones (excluding diaryl/α,β-unsaturated/α-hetero) is 1. The van der Waals surface area contributed by atoms with Crippen LogP contribution in [0.25, 0.3) is 11.1 Å². The number of benzene rings is 1. The molecular formula is C12H14N2O3. The molecule has 1 N–H and O–H groups in total. The Kier molecular flexibility index (Phi) is 2.99. The Balaban J connectivity index is 2.22. The van der Waals surface area contributed by atoms with E-state index < -0.39 is 0 Å². The van der Waals surface area contributed by atoms with Crippen molar-refractivity contribution in [2.45, 2.75) is 13.3 Å². The van der Waals surface area contributed by atoms with Crippen molar-refractivity contribution < 1.29 is 9.21 Å². The second-order valence-corrected chi connectivity index (χ2v) is 3.99. The molecule has 0 unspecified atom stereocenters. The zero-order valence-electron chi connectivity index (χ0n) is 9.82. The van der Waals surface area contributed by atoms with Crippen LogP contribution in [-0.4, -0.2) is 16.9 Å². The fourth-order valence-electron chi connectivity index (χ4n) is 1.62. The highest BCUT2D eigenvalue weighted by atomic mass is 16.4. The van der Waals surface area contributed by atoms with Crippen LogP contribution in [0.4, 0.5) is 5.69 Å². The van der Waals surface area contributed by atoms with Crippen LogP contribution in [0.5, 0.6) is 0 Å². The summed E-state index contributed by atoms with van der Waals surface area (Å²) in [5.74, 6) is -0.227. The fourth-order valence-corrected chi connectivity index (χ4v) is 1.62. The van der Waals surface area contributed by atoms with Gasteiger partial charge in [-0.05, 0) is 25.1 Å². The summed E-state index contributed by atoms with van der Waals surface area (Å²) >= 11 is 0. The maximum atomic E-state index is 11.3. The molecule has 0 saturated heterocycles. The van der Waals surface area contributed by atoms with Gasteiger partial charge in [-0.15, -0.1) is 0 Å². The van der Waals surface area contributed by atoms with Gasteiger partial charge in [-0.3, -0.25) is 9.36 Å². The van der Waals surface area contributed by atoms with Crippen molar-refractivity contribution >= 4 is 22.6 Å². The summed E-state index contributed by atoms with van der Waals surface area (Å²) < 4.78 is 6.47. The minimum Gasteiger partial charge on any atom is -0.408 e. The molecule has 1 aromatic carbocycles. The number of aromatic nitrogens is 1. The van der Waals surface area contributed by atoms with E-state index in [0.29, 0.717) is 18.5 Å². The smallest absolute Gasteiger partial charge is 0.408 e. The van der Waals surface area contributed by atoms with Crippen LogP contribution >= 0.6 is 0 Å². The molecule has 0 spiro atoms. The molecule has 17 heavy (non-hydrogen) atoms. The number of aryl methyl sites for hydroxylation is 1. The Hall–Kier alpha value is -2.04. The third-order valence-electron chi connectivity index (χ3n) is 2.60. The Morgan fingerprint density at radius 2 is 2.24 bits per heavy atom. The highest BCUT2D eigenvalue weighted by molar-refractivity contribution is 5.78. The van der Waals surface area contributed by atoms with E-state index in [0.717, 1.165) is 11.2 Å². The summed E-state index contributed by atoms with van der Waals surface area (Å²) in [5.41, 5.74) is 2.17. The minimum atomic E-state index is -0.374. The van der Waals surface area contributed by atoms with Gasteiger partial charge in [-0.2, -0.15) is 0 Å². The van der Waals surface area contributed by atoms with Crippen LogP contribution in [0, 0.1) is 0 Å². The Bertz CT molecular complexity index is 610. The van der Waals surface area contributed by atoms with Crippen molar-refractivity contribution in [2.24, 2.45) is 7.05 Å². The van der Waals surface area contributed by atoms with Crippen LogP contribution < -0.4 is 11.1 Å². The summed E-state index contributed by atoms with van der Waals surface area (Å²) in [7, 11) is 1.66. The molecule has 0 atom stereocenters. The van der Waals surface area contributed by atoms with E-state index >= 15 is 0 Å². The number of hydrogen-bond donors (Lipinski definition) is 1. The van der Waals surface area contributed by atoms with Gasteiger partial charge in [0.15, 0.2) is 5.58 Å². The Morgan fingerprint density at radius 3 is 2.94 bits per heavy atom. The van der Waals surface area contributed by atoms with E-state index in [-0.39, 0.29) is 11.5 Å². The molecule has 0 aliphatic carbocycles. The molecule has 0 saturated carbocycles. The van der Waals surface area contributed by atoms with Crippen LogP contribution in [-0.2, 0) is 11.8 Å². The first-order valence-electron chi connectivity index (χ1n) is 5.41. The molecule has 0 aliphatic rings. The van der Waals surface area contributed by atoms with E-state index in [1.165, 1.54) is 4.57 Å². The lowest BCUT2D eigenvalue weighted by molar-refractivity contribution is -0.116. The second kappa shape index (κ2) is 4.45. The average Bonchev–Trinajstić information content (AvgIpc) is 2.55. The molecule has 1 aromatic heterocycles. The quantitative estimate of drug-likeness (QED) is 0.871. The number of fused-ring (bicyclic) bond motifs is 1. The zero-order valence-corrected chi connectivity index (χ0v) is 9.82. The molecule has 5 nitrogen and oxygen atoms in total. The van der Waals surface area contributed by atoms with Crippen LogP contribution in [0.2, 0.25) is 0 Å². The van der Waals surface area contributed by atoms with E-state index in [4.69, 9.17) is 4.42 Å². The van der Waals surface area contributed by atoms with E-state index in [1.807, 2.05) is 12.1 Å². The maximum absolute atomic E-state index is 11.3.